The third-order valence-electron chi connectivity index (χ3n) is 6.49. The van der Waals surface area contributed by atoms with Crippen molar-refractivity contribution in [3.05, 3.63) is 84.4 Å². The number of methoxy groups -OCH3 is 1. The summed E-state index contributed by atoms with van der Waals surface area (Å²) in [5.74, 6) is 1.28. The van der Waals surface area contributed by atoms with Crippen molar-refractivity contribution in [2.75, 3.05) is 13.7 Å². The number of hydrogen-bond donors (Lipinski definition) is 1. The van der Waals surface area contributed by atoms with Gasteiger partial charge in [-0.25, -0.2) is 9.78 Å². The van der Waals surface area contributed by atoms with Crippen LogP contribution in [0.5, 0.6) is 5.75 Å². The molecule has 0 amide bonds. The molecule has 0 bridgehead atoms. The van der Waals surface area contributed by atoms with Crippen molar-refractivity contribution in [3.63, 3.8) is 0 Å². The molecule has 7 heteroatoms. The van der Waals surface area contributed by atoms with Gasteiger partial charge < -0.3 is 23.6 Å². The molecular weight excluding hydrogens is 444 g/mol. The van der Waals surface area contributed by atoms with Gasteiger partial charge in [-0.1, -0.05) is 62.4 Å². The number of fused-ring (bicyclic) bond motifs is 1. The van der Waals surface area contributed by atoms with Gasteiger partial charge in [0.15, 0.2) is 11.9 Å². The number of rotatable bonds is 7. The van der Waals surface area contributed by atoms with Crippen molar-refractivity contribution in [2.24, 2.45) is 5.92 Å². The molecule has 3 atom stereocenters. The van der Waals surface area contributed by atoms with Crippen LogP contribution in [-0.4, -0.2) is 34.3 Å². The molecular formula is C28H28N2O5. The molecule has 1 N–H and O–H groups in total. The zero-order chi connectivity index (χ0) is 24.5. The highest BCUT2D eigenvalue weighted by Gasteiger charge is 2.38. The van der Waals surface area contributed by atoms with E-state index in [0.717, 1.165) is 16.9 Å². The second kappa shape index (κ2) is 9.43. The lowest BCUT2D eigenvalue weighted by Gasteiger charge is -2.22. The van der Waals surface area contributed by atoms with E-state index in [2.05, 4.69) is 4.98 Å². The molecule has 0 radical (unpaired) electrons. The summed E-state index contributed by atoms with van der Waals surface area (Å²) in [7, 11) is 1.39. The van der Waals surface area contributed by atoms with Crippen LogP contribution in [0.15, 0.2) is 77.5 Å². The van der Waals surface area contributed by atoms with Crippen LogP contribution in [0.3, 0.4) is 0 Å². The van der Waals surface area contributed by atoms with E-state index in [9.17, 15) is 9.90 Å². The third-order valence-corrected chi connectivity index (χ3v) is 6.49. The van der Waals surface area contributed by atoms with Crippen LogP contribution in [0.4, 0.5) is 0 Å². The molecule has 35 heavy (non-hydrogen) atoms. The standard InChI is InChI=1S/C28H28N2O5/c1-17(2)25(28(32)33-3)30-16-29-24(18-9-5-4-6-10-18)26(30)22-13-14-23(34-22)27-20(15-31)19-11-7-8-12-21(19)35-27/h4-14,16-17,20,25,27,31H,15H2,1-3H3/t20?,25-,27?/m0/s1. The third kappa shape index (κ3) is 4.02. The number of esters is 1. The topological polar surface area (TPSA) is 86.7 Å². The molecule has 180 valence electrons. The Morgan fingerprint density at radius 3 is 2.54 bits per heavy atom. The van der Waals surface area contributed by atoms with E-state index in [1.165, 1.54) is 7.11 Å². The lowest BCUT2D eigenvalue weighted by atomic mass is 9.95. The molecule has 0 saturated heterocycles. The van der Waals surface area contributed by atoms with E-state index in [1.807, 2.05) is 85.1 Å². The summed E-state index contributed by atoms with van der Waals surface area (Å²) in [6.45, 7) is 3.87. The Kier molecular flexibility index (Phi) is 6.17. The second-order valence-electron chi connectivity index (χ2n) is 8.99. The number of nitrogens with zero attached hydrogens (tertiary/aromatic N) is 2. The normalized spacial score (nSPS) is 17.7. The Morgan fingerprint density at radius 2 is 1.83 bits per heavy atom. The fourth-order valence-electron chi connectivity index (χ4n) is 4.81. The minimum Gasteiger partial charge on any atom is -0.481 e. The number of carbonyl (C=O) groups excluding carboxylic acids is 1. The van der Waals surface area contributed by atoms with Crippen molar-refractivity contribution >= 4 is 5.97 Å². The largest absolute Gasteiger partial charge is 0.481 e. The predicted molar refractivity (Wildman–Crippen MR) is 131 cm³/mol. The number of aliphatic hydroxyl groups excluding tert-OH is 1. The number of imidazole rings is 1. The van der Waals surface area contributed by atoms with Crippen LogP contribution < -0.4 is 4.74 Å². The lowest BCUT2D eigenvalue weighted by molar-refractivity contribution is -0.146. The summed E-state index contributed by atoms with van der Waals surface area (Å²) in [6, 6.07) is 20.6. The van der Waals surface area contributed by atoms with Crippen LogP contribution >= 0.6 is 0 Å². The van der Waals surface area contributed by atoms with Gasteiger partial charge in [0.1, 0.15) is 23.2 Å². The average molecular weight is 473 g/mol. The first-order valence-corrected chi connectivity index (χ1v) is 11.7. The number of ether oxygens (including phenoxy) is 2. The maximum atomic E-state index is 12.8. The number of carbonyl (C=O) groups is 1. The number of hydrogen-bond acceptors (Lipinski definition) is 6. The summed E-state index contributed by atoms with van der Waals surface area (Å²) >= 11 is 0. The molecule has 7 nitrogen and oxygen atoms in total. The molecule has 0 spiro atoms. The highest BCUT2D eigenvalue weighted by atomic mass is 16.5. The van der Waals surface area contributed by atoms with Crippen molar-refractivity contribution in [2.45, 2.75) is 31.9 Å². The Labute approximate surface area is 203 Å². The first kappa shape index (κ1) is 22.9. The second-order valence-corrected chi connectivity index (χ2v) is 8.99. The van der Waals surface area contributed by atoms with Crippen molar-refractivity contribution in [3.8, 4) is 28.5 Å². The summed E-state index contributed by atoms with van der Waals surface area (Å²) < 4.78 is 19.5. The summed E-state index contributed by atoms with van der Waals surface area (Å²) in [5, 5.41) is 10.1. The molecule has 0 saturated carbocycles. The first-order chi connectivity index (χ1) is 17.0. The van der Waals surface area contributed by atoms with Gasteiger partial charge in [0, 0.05) is 11.1 Å². The van der Waals surface area contributed by atoms with Gasteiger partial charge in [0.05, 0.1) is 31.7 Å². The van der Waals surface area contributed by atoms with E-state index < -0.39 is 12.1 Å². The van der Waals surface area contributed by atoms with Gasteiger partial charge in [-0.05, 0) is 24.1 Å². The van der Waals surface area contributed by atoms with Crippen LogP contribution in [-0.2, 0) is 9.53 Å². The molecule has 0 fully saturated rings. The van der Waals surface area contributed by atoms with Crippen molar-refractivity contribution in [1.29, 1.82) is 0 Å². The molecule has 2 unspecified atom stereocenters. The summed E-state index contributed by atoms with van der Waals surface area (Å²) in [5.41, 5.74) is 3.25. The van der Waals surface area contributed by atoms with Crippen molar-refractivity contribution < 1.29 is 23.8 Å². The number of para-hydroxylation sites is 1. The monoisotopic (exact) mass is 472 g/mol. The molecule has 1 aliphatic heterocycles. The summed E-state index contributed by atoms with van der Waals surface area (Å²) in [4.78, 5) is 17.4. The molecule has 2 aromatic heterocycles. The molecule has 0 aliphatic carbocycles. The maximum absolute atomic E-state index is 12.8. The zero-order valence-electron chi connectivity index (χ0n) is 19.9. The Morgan fingerprint density at radius 1 is 1.09 bits per heavy atom. The predicted octanol–water partition coefficient (Wildman–Crippen LogP) is 5.39. The molecule has 3 heterocycles. The minimum atomic E-state index is -0.578. The van der Waals surface area contributed by atoms with Crippen LogP contribution in [0.25, 0.3) is 22.7 Å². The van der Waals surface area contributed by atoms with Crippen LogP contribution in [0.2, 0.25) is 0 Å². The van der Waals surface area contributed by atoms with Gasteiger partial charge in [0.25, 0.3) is 0 Å². The molecule has 5 rings (SSSR count). The first-order valence-electron chi connectivity index (χ1n) is 11.7. The maximum Gasteiger partial charge on any atom is 0.329 e. The Hall–Kier alpha value is -3.84. The van der Waals surface area contributed by atoms with E-state index in [1.54, 1.807) is 6.33 Å². The fourth-order valence-corrected chi connectivity index (χ4v) is 4.81. The highest BCUT2D eigenvalue weighted by molar-refractivity contribution is 5.80. The number of benzene rings is 2. The minimum absolute atomic E-state index is 0.0418. The van der Waals surface area contributed by atoms with Gasteiger partial charge >= 0.3 is 5.97 Å². The van der Waals surface area contributed by atoms with E-state index in [-0.39, 0.29) is 24.4 Å². The Bertz CT molecular complexity index is 1320. The highest BCUT2D eigenvalue weighted by Crippen LogP contribution is 2.47. The van der Waals surface area contributed by atoms with Crippen molar-refractivity contribution in [1.82, 2.24) is 9.55 Å². The van der Waals surface area contributed by atoms with E-state index in [0.29, 0.717) is 22.9 Å². The lowest BCUT2D eigenvalue weighted by Crippen LogP contribution is -2.25. The summed E-state index contributed by atoms with van der Waals surface area (Å²) in [6.07, 6.45) is 1.21. The molecule has 4 aromatic rings. The van der Waals surface area contributed by atoms with Gasteiger partial charge in [-0.3, -0.25) is 0 Å². The number of furan rings is 1. The molecule has 1 aliphatic rings. The zero-order valence-corrected chi connectivity index (χ0v) is 19.9. The van der Waals surface area contributed by atoms with Crippen LogP contribution in [0.1, 0.15) is 43.2 Å². The Balaban J connectivity index is 1.61. The smallest absolute Gasteiger partial charge is 0.329 e. The van der Waals surface area contributed by atoms with Gasteiger partial charge in [-0.15, -0.1) is 0 Å². The van der Waals surface area contributed by atoms with E-state index >= 15 is 0 Å². The SMILES string of the molecule is COC(=O)[C@H](C(C)C)n1cnc(-c2ccccc2)c1-c1ccc(C2Oc3ccccc3C2CO)o1. The quantitative estimate of drug-likeness (QED) is 0.363. The van der Waals surface area contributed by atoms with Gasteiger partial charge in [-0.2, -0.15) is 0 Å². The average Bonchev–Trinajstić information content (AvgIpc) is 3.60. The van der Waals surface area contributed by atoms with E-state index in [4.69, 9.17) is 13.9 Å². The number of aromatic nitrogens is 2. The fraction of sp³-hybridized carbons (Fsp3) is 0.286. The van der Waals surface area contributed by atoms with Gasteiger partial charge in [0.2, 0.25) is 0 Å². The number of aliphatic hydroxyl groups is 1. The molecule has 2 aromatic carbocycles. The van der Waals surface area contributed by atoms with Crippen LogP contribution in [0, 0.1) is 5.92 Å².